The summed E-state index contributed by atoms with van der Waals surface area (Å²) in [6, 6.07) is 6.53. The summed E-state index contributed by atoms with van der Waals surface area (Å²) in [4.78, 5) is 15.9. The highest BCUT2D eigenvalue weighted by Gasteiger charge is 2.32. The van der Waals surface area contributed by atoms with Crippen molar-refractivity contribution < 1.29 is 18.9 Å². The Kier molecular flexibility index (Phi) is 11.7. The highest BCUT2D eigenvalue weighted by Crippen LogP contribution is 2.36. The Hall–Kier alpha value is -3.78. The van der Waals surface area contributed by atoms with Gasteiger partial charge in [0.1, 0.15) is 30.2 Å². The van der Waals surface area contributed by atoms with E-state index in [1.165, 1.54) is 6.33 Å². The molecule has 1 aromatic carbocycles. The third kappa shape index (κ3) is 9.27. The molecule has 1 aliphatic carbocycles. The number of ether oxygens (including phenoxy) is 4. The van der Waals surface area contributed by atoms with E-state index >= 15 is 0 Å². The van der Waals surface area contributed by atoms with Gasteiger partial charge in [0.25, 0.3) is 5.88 Å². The molecule has 1 unspecified atom stereocenters. The molecular formula is C35H48ClN9O4. The van der Waals surface area contributed by atoms with Crippen molar-refractivity contribution in [1.29, 1.82) is 0 Å². The van der Waals surface area contributed by atoms with E-state index in [9.17, 15) is 0 Å². The van der Waals surface area contributed by atoms with E-state index in [0.717, 1.165) is 62.0 Å². The van der Waals surface area contributed by atoms with Crippen LogP contribution in [-0.2, 0) is 16.0 Å². The second-order valence-electron chi connectivity index (χ2n) is 13.3. The van der Waals surface area contributed by atoms with E-state index in [1.807, 2.05) is 38.2 Å². The first-order valence-corrected chi connectivity index (χ1v) is 17.6. The summed E-state index contributed by atoms with van der Waals surface area (Å²) in [5.74, 6) is 1.56. The van der Waals surface area contributed by atoms with Gasteiger partial charge in [-0.3, -0.25) is 9.58 Å². The Morgan fingerprint density at radius 2 is 1.73 bits per heavy atom. The first-order chi connectivity index (χ1) is 23.7. The Bertz CT molecular complexity index is 1600. The van der Waals surface area contributed by atoms with Crippen molar-refractivity contribution in [3.8, 4) is 22.8 Å². The molecule has 264 valence electrons. The molecule has 1 aliphatic heterocycles. The van der Waals surface area contributed by atoms with Gasteiger partial charge in [-0.1, -0.05) is 17.7 Å². The van der Waals surface area contributed by atoms with Gasteiger partial charge < -0.3 is 24.3 Å². The van der Waals surface area contributed by atoms with Crippen LogP contribution in [0, 0.1) is 0 Å². The van der Waals surface area contributed by atoms with Crippen LogP contribution in [0.15, 0.2) is 49.4 Å². The molecule has 49 heavy (non-hydrogen) atoms. The Morgan fingerprint density at radius 3 is 2.43 bits per heavy atom. The molecule has 4 aromatic rings. The van der Waals surface area contributed by atoms with Crippen LogP contribution in [0.3, 0.4) is 0 Å². The van der Waals surface area contributed by atoms with Crippen molar-refractivity contribution in [3.63, 3.8) is 0 Å². The van der Waals surface area contributed by atoms with Gasteiger partial charge >= 0.3 is 0 Å². The fourth-order valence-electron chi connectivity index (χ4n) is 6.68. The summed E-state index contributed by atoms with van der Waals surface area (Å²) >= 11 is 6.48. The SMILES string of the molecule is COC(C)CCOc1nn([C@H]2CC[C@H](N3C[C@@H](C)O[C@@H](C)C3)CC2)cc1Nc1ncc(-c2ccc(Cl)c(O[C@@H](C)Cn3cncn3)c2)cn1. The molecule has 4 heterocycles. The van der Waals surface area contributed by atoms with E-state index in [0.29, 0.717) is 47.8 Å². The molecule has 14 heteroatoms. The number of halogens is 1. The third-order valence-electron chi connectivity index (χ3n) is 9.27. The van der Waals surface area contributed by atoms with E-state index in [-0.39, 0.29) is 24.4 Å². The third-order valence-corrected chi connectivity index (χ3v) is 9.58. The molecule has 2 fully saturated rings. The lowest BCUT2D eigenvalue weighted by atomic mass is 9.89. The molecule has 13 nitrogen and oxygen atoms in total. The van der Waals surface area contributed by atoms with Crippen LogP contribution in [0.5, 0.6) is 11.6 Å². The molecule has 0 radical (unpaired) electrons. The van der Waals surface area contributed by atoms with Crippen molar-refractivity contribution in [3.05, 3.63) is 54.5 Å². The molecule has 6 rings (SSSR count). The predicted octanol–water partition coefficient (Wildman–Crippen LogP) is 6.19. The average Bonchev–Trinajstić information content (AvgIpc) is 3.75. The monoisotopic (exact) mass is 693 g/mol. The summed E-state index contributed by atoms with van der Waals surface area (Å²) < 4.78 is 27.5. The van der Waals surface area contributed by atoms with Crippen molar-refractivity contribution in [2.24, 2.45) is 0 Å². The lowest BCUT2D eigenvalue weighted by Gasteiger charge is -2.42. The maximum Gasteiger partial charge on any atom is 0.256 e. The van der Waals surface area contributed by atoms with Crippen molar-refractivity contribution in [1.82, 2.24) is 39.4 Å². The normalized spacial score (nSPS) is 22.8. The number of morpholine rings is 1. The second kappa shape index (κ2) is 16.3. The van der Waals surface area contributed by atoms with E-state index in [4.69, 9.17) is 35.6 Å². The van der Waals surface area contributed by atoms with E-state index < -0.39 is 0 Å². The minimum absolute atomic E-state index is 0.0889. The summed E-state index contributed by atoms with van der Waals surface area (Å²) in [6.07, 6.45) is 14.4. The minimum Gasteiger partial charge on any atom is -0.487 e. The number of hydrogen-bond donors (Lipinski definition) is 1. The number of rotatable bonds is 14. The van der Waals surface area contributed by atoms with Gasteiger partial charge in [0, 0.05) is 50.6 Å². The predicted molar refractivity (Wildman–Crippen MR) is 188 cm³/mol. The molecule has 3 aromatic heterocycles. The highest BCUT2D eigenvalue weighted by atomic mass is 35.5. The standard InChI is InChI=1S/C35H48ClN9O4/c1-23(46-5)12-13-47-34-32(20-45(42-34)30-9-7-29(8-10-30)43-17-24(2)48-25(3)18-43)41-35-38-15-28(16-39-35)27-6-11-31(36)33(14-27)49-26(4)19-44-22-37-21-40-44/h6,11,14-16,20-26,29-30H,7-10,12-13,17-19H2,1-5H3,(H,38,39,41)/t23?,24-,25+,26-,29-,30-/m0/s1. The first kappa shape index (κ1) is 35.1. The second-order valence-corrected chi connectivity index (χ2v) is 13.7. The molecular weight excluding hydrogens is 646 g/mol. The first-order valence-electron chi connectivity index (χ1n) is 17.3. The number of benzene rings is 1. The highest BCUT2D eigenvalue weighted by molar-refractivity contribution is 6.32. The largest absolute Gasteiger partial charge is 0.487 e. The summed E-state index contributed by atoms with van der Waals surface area (Å²) in [5, 5.41) is 12.9. The van der Waals surface area contributed by atoms with Gasteiger partial charge in [-0.25, -0.2) is 19.6 Å². The summed E-state index contributed by atoms with van der Waals surface area (Å²) in [5.41, 5.74) is 2.46. The Labute approximate surface area is 293 Å². The van der Waals surface area contributed by atoms with Crippen LogP contribution in [0.25, 0.3) is 11.1 Å². The quantitative estimate of drug-likeness (QED) is 0.162. The smallest absolute Gasteiger partial charge is 0.256 e. The summed E-state index contributed by atoms with van der Waals surface area (Å²) in [7, 11) is 1.71. The van der Waals surface area contributed by atoms with Gasteiger partial charge in [-0.05, 0) is 71.1 Å². The molecule has 0 bridgehead atoms. The van der Waals surface area contributed by atoms with Crippen molar-refractivity contribution in [2.75, 3.05) is 32.1 Å². The molecule has 1 saturated heterocycles. The van der Waals surface area contributed by atoms with Gasteiger partial charge in [-0.15, -0.1) is 5.10 Å². The van der Waals surface area contributed by atoms with Crippen molar-refractivity contribution >= 4 is 23.2 Å². The number of anilines is 2. The van der Waals surface area contributed by atoms with Crippen LogP contribution >= 0.6 is 11.6 Å². The van der Waals surface area contributed by atoms with Gasteiger partial charge in [-0.2, -0.15) is 5.10 Å². The van der Waals surface area contributed by atoms with Gasteiger partial charge in [0.2, 0.25) is 5.95 Å². The van der Waals surface area contributed by atoms with Crippen LogP contribution in [0.2, 0.25) is 5.02 Å². The van der Waals surface area contributed by atoms with E-state index in [1.54, 1.807) is 30.5 Å². The summed E-state index contributed by atoms with van der Waals surface area (Å²) in [6.45, 7) is 11.4. The maximum atomic E-state index is 6.48. The molecule has 0 spiro atoms. The number of nitrogens with one attached hydrogen (secondary N) is 1. The van der Waals surface area contributed by atoms with Crippen LogP contribution < -0.4 is 14.8 Å². The minimum atomic E-state index is -0.167. The van der Waals surface area contributed by atoms with Crippen LogP contribution in [0.4, 0.5) is 11.6 Å². The van der Waals surface area contributed by atoms with Gasteiger partial charge in [0.05, 0.1) is 48.7 Å². The van der Waals surface area contributed by atoms with Crippen LogP contribution in [0.1, 0.15) is 65.8 Å². The molecule has 2 aliphatic rings. The number of methoxy groups -OCH3 is 1. The fourth-order valence-corrected chi connectivity index (χ4v) is 6.84. The zero-order chi connectivity index (χ0) is 34.3. The van der Waals surface area contributed by atoms with Gasteiger partial charge in [0.15, 0.2) is 0 Å². The fraction of sp³-hybridized carbons (Fsp3) is 0.571. The molecule has 4 atom stereocenters. The topological polar surface area (TPSA) is 127 Å². The Morgan fingerprint density at radius 1 is 1.00 bits per heavy atom. The zero-order valence-electron chi connectivity index (χ0n) is 29.0. The molecule has 1 saturated carbocycles. The number of hydrogen-bond acceptors (Lipinski definition) is 11. The number of nitrogens with zero attached hydrogens (tertiary/aromatic N) is 8. The maximum absolute atomic E-state index is 6.48. The number of aromatic nitrogens is 7. The zero-order valence-corrected chi connectivity index (χ0v) is 29.8. The Balaban J connectivity index is 1.12. The van der Waals surface area contributed by atoms with Crippen LogP contribution in [-0.4, -0.2) is 96.7 Å². The molecule has 1 N–H and O–H groups in total. The van der Waals surface area contributed by atoms with E-state index in [2.05, 4.69) is 48.8 Å². The molecule has 0 amide bonds. The lowest BCUT2D eigenvalue weighted by Crippen LogP contribution is -2.51. The lowest BCUT2D eigenvalue weighted by molar-refractivity contribution is -0.0852. The average molecular weight is 694 g/mol. The van der Waals surface area contributed by atoms with Crippen molar-refractivity contribution in [2.45, 2.75) is 103 Å².